The van der Waals surface area contributed by atoms with Crippen LogP contribution in [-0.2, 0) is 0 Å². The number of ether oxygens (including phenoxy) is 1. The fraction of sp³-hybridized carbons (Fsp3) is 0.154. The van der Waals surface area contributed by atoms with Gasteiger partial charge >= 0.3 is 0 Å². The summed E-state index contributed by atoms with van der Waals surface area (Å²) in [6.07, 6.45) is 1.32. The molecule has 0 aliphatic carbocycles. The number of nitrogens with two attached hydrogens (primary N) is 1. The van der Waals surface area contributed by atoms with Gasteiger partial charge in [-0.3, -0.25) is 0 Å². The molecule has 0 unspecified atom stereocenters. The molecular weight excluding hydrogens is 242 g/mol. The molecule has 0 aromatic heterocycles. The highest BCUT2D eigenvalue weighted by Gasteiger charge is 2.00. The summed E-state index contributed by atoms with van der Waals surface area (Å²) in [6, 6.07) is 8.90. The van der Waals surface area contributed by atoms with E-state index in [1.54, 1.807) is 25.3 Å². The predicted molar refractivity (Wildman–Crippen MR) is 72.3 cm³/mol. The Morgan fingerprint density at radius 2 is 2.16 bits per heavy atom. The van der Waals surface area contributed by atoms with Gasteiger partial charge in [0.25, 0.3) is 0 Å². The van der Waals surface area contributed by atoms with E-state index in [-0.39, 0.29) is 11.4 Å². The van der Waals surface area contributed by atoms with Gasteiger partial charge in [0.1, 0.15) is 23.6 Å². The summed E-state index contributed by atoms with van der Waals surface area (Å²) in [5, 5.41) is 20.2. The largest absolute Gasteiger partial charge is 0.497 e. The van der Waals surface area contributed by atoms with Crippen molar-refractivity contribution >= 4 is 12.0 Å². The average molecular weight is 255 g/mol. The predicted octanol–water partition coefficient (Wildman–Crippen LogP) is 1.66. The van der Waals surface area contributed by atoms with Gasteiger partial charge in [0.05, 0.1) is 13.4 Å². The first-order chi connectivity index (χ1) is 9.12. The van der Waals surface area contributed by atoms with Gasteiger partial charge in [-0.05, 0) is 30.7 Å². The van der Waals surface area contributed by atoms with E-state index in [9.17, 15) is 0 Å². The van der Waals surface area contributed by atoms with Gasteiger partial charge in [-0.1, -0.05) is 0 Å². The van der Waals surface area contributed by atoms with Crippen molar-refractivity contribution in [2.75, 3.05) is 12.4 Å². The molecule has 1 aromatic rings. The van der Waals surface area contributed by atoms with Crippen molar-refractivity contribution in [2.24, 2.45) is 10.7 Å². The number of rotatable bonds is 4. The molecule has 0 saturated heterocycles. The number of aliphatic imine (C=N–C) groups is 1. The molecule has 6 nitrogen and oxygen atoms in total. The van der Waals surface area contributed by atoms with Crippen LogP contribution in [0.2, 0.25) is 0 Å². The smallest absolute Gasteiger partial charge is 0.175 e. The third-order valence-electron chi connectivity index (χ3n) is 2.33. The number of nitrogens with one attached hydrogen (secondary N) is 1. The lowest BCUT2D eigenvalue weighted by atomic mass is 10.2. The Labute approximate surface area is 111 Å². The summed E-state index contributed by atoms with van der Waals surface area (Å²) in [4.78, 5) is 3.80. The molecule has 0 bridgehead atoms. The van der Waals surface area contributed by atoms with Crippen LogP contribution in [0.3, 0.4) is 0 Å². The van der Waals surface area contributed by atoms with Gasteiger partial charge in [0.15, 0.2) is 5.70 Å². The molecule has 0 spiro atoms. The van der Waals surface area contributed by atoms with E-state index in [1.165, 1.54) is 6.34 Å². The maximum Gasteiger partial charge on any atom is 0.175 e. The van der Waals surface area contributed by atoms with Gasteiger partial charge in [-0.25, -0.2) is 4.99 Å². The van der Waals surface area contributed by atoms with Crippen molar-refractivity contribution in [3.8, 4) is 17.9 Å². The standard InChI is InChI=1S/C13H13N5O/c1-9-5-10(19-2)3-4-12(9)17-8-18-13(7-15)11(16)6-14/h3-5,8H,16H2,1-2H3,(H,17,18)/b13-11-. The zero-order valence-corrected chi connectivity index (χ0v) is 10.6. The molecule has 0 atom stereocenters. The summed E-state index contributed by atoms with van der Waals surface area (Å²) in [5.41, 5.74) is 6.75. The molecule has 0 fully saturated rings. The molecule has 0 heterocycles. The lowest BCUT2D eigenvalue weighted by Crippen LogP contribution is -2.01. The molecular formula is C13H13N5O. The number of hydrogen-bond donors (Lipinski definition) is 2. The van der Waals surface area contributed by atoms with Gasteiger partial charge in [-0.15, -0.1) is 0 Å². The normalized spacial score (nSPS) is 11.4. The SMILES string of the molecule is COc1ccc(NC=N/C(C#N)=C(\N)C#N)c(C)c1. The lowest BCUT2D eigenvalue weighted by molar-refractivity contribution is 0.414. The minimum Gasteiger partial charge on any atom is -0.497 e. The van der Waals surface area contributed by atoms with Crippen LogP contribution in [0.5, 0.6) is 5.75 Å². The number of nitrogens with zero attached hydrogens (tertiary/aromatic N) is 3. The summed E-state index contributed by atoms with van der Waals surface area (Å²) in [6.45, 7) is 1.91. The van der Waals surface area contributed by atoms with E-state index in [1.807, 2.05) is 19.1 Å². The van der Waals surface area contributed by atoms with Crippen LogP contribution in [0.4, 0.5) is 5.69 Å². The van der Waals surface area contributed by atoms with E-state index < -0.39 is 0 Å². The Hall–Kier alpha value is -2.99. The molecule has 0 amide bonds. The van der Waals surface area contributed by atoms with Crippen LogP contribution in [0, 0.1) is 29.6 Å². The fourth-order valence-electron chi connectivity index (χ4n) is 1.30. The highest BCUT2D eigenvalue weighted by atomic mass is 16.5. The number of benzene rings is 1. The number of nitriles is 2. The first-order valence-corrected chi connectivity index (χ1v) is 5.36. The van der Waals surface area contributed by atoms with Gasteiger partial charge in [0.2, 0.25) is 0 Å². The van der Waals surface area contributed by atoms with E-state index in [0.29, 0.717) is 0 Å². The number of anilines is 1. The Morgan fingerprint density at radius 3 is 2.68 bits per heavy atom. The molecule has 0 aliphatic heterocycles. The topological polar surface area (TPSA) is 107 Å². The van der Waals surface area contributed by atoms with Crippen LogP contribution in [-0.4, -0.2) is 13.4 Å². The summed E-state index contributed by atoms with van der Waals surface area (Å²) >= 11 is 0. The number of allylic oxidation sites excluding steroid dienone is 2. The molecule has 6 heteroatoms. The third kappa shape index (κ3) is 3.76. The molecule has 3 N–H and O–H groups in total. The first-order valence-electron chi connectivity index (χ1n) is 5.36. The highest BCUT2D eigenvalue weighted by molar-refractivity contribution is 5.78. The van der Waals surface area contributed by atoms with E-state index >= 15 is 0 Å². The maximum atomic E-state index is 8.75. The molecule has 96 valence electrons. The molecule has 19 heavy (non-hydrogen) atoms. The molecule has 0 aliphatic rings. The molecule has 1 aromatic carbocycles. The van der Waals surface area contributed by atoms with Crippen molar-refractivity contribution in [1.29, 1.82) is 10.5 Å². The lowest BCUT2D eigenvalue weighted by Gasteiger charge is -2.07. The Balaban J connectivity index is 2.84. The highest BCUT2D eigenvalue weighted by Crippen LogP contribution is 2.20. The van der Waals surface area contributed by atoms with E-state index in [4.69, 9.17) is 21.0 Å². The molecule has 0 saturated carbocycles. The number of hydrogen-bond acceptors (Lipinski definition) is 5. The van der Waals surface area contributed by atoms with E-state index in [0.717, 1.165) is 17.0 Å². The van der Waals surface area contributed by atoms with Gasteiger partial charge in [-0.2, -0.15) is 10.5 Å². The Kier molecular flexibility index (Phi) is 4.94. The number of aryl methyl sites for hydroxylation is 1. The van der Waals surface area contributed by atoms with Gasteiger partial charge < -0.3 is 15.8 Å². The average Bonchev–Trinajstić information content (AvgIpc) is 2.44. The Morgan fingerprint density at radius 1 is 1.42 bits per heavy atom. The van der Waals surface area contributed by atoms with Gasteiger partial charge in [0, 0.05) is 5.69 Å². The second kappa shape index (κ2) is 6.67. The van der Waals surface area contributed by atoms with Crippen molar-refractivity contribution in [3.63, 3.8) is 0 Å². The van der Waals surface area contributed by atoms with Crippen LogP contribution in [0.1, 0.15) is 5.56 Å². The van der Waals surface area contributed by atoms with Crippen molar-refractivity contribution in [1.82, 2.24) is 0 Å². The minimum absolute atomic E-state index is 0.124. The first kappa shape index (κ1) is 14.1. The maximum absolute atomic E-state index is 8.75. The Bertz CT molecular complexity index is 604. The quantitative estimate of drug-likeness (QED) is 0.483. The molecule has 0 radical (unpaired) electrons. The van der Waals surface area contributed by atoms with E-state index in [2.05, 4.69) is 10.3 Å². The second-order valence-electron chi connectivity index (χ2n) is 3.57. The summed E-state index contributed by atoms with van der Waals surface area (Å²) in [7, 11) is 1.60. The van der Waals surface area contributed by atoms with Crippen LogP contribution >= 0.6 is 0 Å². The van der Waals surface area contributed by atoms with Crippen LogP contribution < -0.4 is 15.8 Å². The van der Waals surface area contributed by atoms with Crippen molar-refractivity contribution in [3.05, 3.63) is 35.2 Å². The minimum atomic E-state index is -0.216. The zero-order chi connectivity index (χ0) is 14.3. The van der Waals surface area contributed by atoms with Crippen molar-refractivity contribution < 1.29 is 4.74 Å². The van der Waals surface area contributed by atoms with Crippen molar-refractivity contribution in [2.45, 2.75) is 6.92 Å². The molecule has 1 rings (SSSR count). The summed E-state index contributed by atoms with van der Waals surface area (Å²) in [5.74, 6) is 0.756. The van der Waals surface area contributed by atoms with Crippen LogP contribution in [0.15, 0.2) is 34.6 Å². The third-order valence-corrected chi connectivity index (χ3v) is 2.33. The monoisotopic (exact) mass is 255 g/mol. The fourth-order valence-corrected chi connectivity index (χ4v) is 1.30. The zero-order valence-electron chi connectivity index (χ0n) is 10.6. The summed E-state index contributed by atoms with van der Waals surface area (Å²) < 4.78 is 5.09. The second-order valence-corrected chi connectivity index (χ2v) is 3.57. The number of methoxy groups -OCH3 is 1. The van der Waals surface area contributed by atoms with Crippen LogP contribution in [0.25, 0.3) is 0 Å².